The molecule has 0 bridgehead atoms. The number of carbonyl (C=O) groups is 3. The topological polar surface area (TPSA) is 94.9 Å². The molecule has 1 aliphatic heterocycles. The van der Waals surface area contributed by atoms with E-state index in [1.54, 1.807) is 18.2 Å². The highest BCUT2D eigenvalue weighted by molar-refractivity contribution is 6.46. The first kappa shape index (κ1) is 22.5. The van der Waals surface area contributed by atoms with Gasteiger partial charge in [0.25, 0.3) is 11.7 Å². The van der Waals surface area contributed by atoms with Gasteiger partial charge < -0.3 is 15.1 Å². The molecule has 1 atom stereocenters. The maximum absolute atomic E-state index is 13.9. The van der Waals surface area contributed by atoms with Crippen LogP contribution in [0, 0.1) is 5.82 Å². The lowest BCUT2D eigenvalue weighted by atomic mass is 9.95. The van der Waals surface area contributed by atoms with E-state index in [4.69, 9.17) is 16.7 Å². The van der Waals surface area contributed by atoms with Gasteiger partial charge in [-0.05, 0) is 54.8 Å². The van der Waals surface area contributed by atoms with Crippen LogP contribution < -0.4 is 0 Å². The molecule has 0 aromatic heterocycles. The molecule has 1 saturated heterocycles. The minimum Gasteiger partial charge on any atom is -0.507 e. The summed E-state index contributed by atoms with van der Waals surface area (Å²) >= 11 is 5.89. The van der Waals surface area contributed by atoms with Crippen molar-refractivity contribution in [2.75, 3.05) is 6.54 Å². The number of likely N-dealkylation sites (tertiary alicyclic amines) is 1. The van der Waals surface area contributed by atoms with E-state index in [-0.39, 0.29) is 24.3 Å². The van der Waals surface area contributed by atoms with E-state index in [1.807, 2.05) is 0 Å². The van der Waals surface area contributed by atoms with Gasteiger partial charge in [0.1, 0.15) is 11.6 Å². The smallest absolute Gasteiger partial charge is 0.303 e. The molecule has 0 saturated carbocycles. The molecule has 1 aliphatic rings. The number of carboxylic acids is 1. The van der Waals surface area contributed by atoms with E-state index in [0.29, 0.717) is 35.4 Å². The maximum atomic E-state index is 13.9. The number of hydrogen-bond donors (Lipinski definition) is 2. The minimum absolute atomic E-state index is 0.0166. The average molecular weight is 446 g/mol. The molecule has 2 N–H and O–H groups in total. The average Bonchev–Trinajstić information content (AvgIpc) is 2.98. The van der Waals surface area contributed by atoms with Gasteiger partial charge in [0.2, 0.25) is 0 Å². The monoisotopic (exact) mass is 445 g/mol. The SMILES string of the molecule is O=C(O)CCCCCN1C(=O)C(=O)/C(=C(\O)c2ccc(Cl)cc2)C1c1cccc(F)c1. The summed E-state index contributed by atoms with van der Waals surface area (Å²) in [7, 11) is 0. The fourth-order valence-corrected chi connectivity index (χ4v) is 3.76. The van der Waals surface area contributed by atoms with Gasteiger partial charge in [-0.1, -0.05) is 30.2 Å². The molecule has 162 valence electrons. The second-order valence-electron chi connectivity index (χ2n) is 7.26. The highest BCUT2D eigenvalue weighted by atomic mass is 35.5. The number of amides is 1. The Hall–Kier alpha value is -3.19. The second kappa shape index (κ2) is 9.75. The Balaban J connectivity index is 1.97. The molecule has 0 radical (unpaired) electrons. The van der Waals surface area contributed by atoms with Gasteiger partial charge in [0.05, 0.1) is 11.6 Å². The van der Waals surface area contributed by atoms with Gasteiger partial charge in [0, 0.05) is 23.6 Å². The second-order valence-corrected chi connectivity index (χ2v) is 7.70. The van der Waals surface area contributed by atoms with Crippen molar-refractivity contribution in [1.82, 2.24) is 4.90 Å². The number of hydrogen-bond acceptors (Lipinski definition) is 4. The zero-order chi connectivity index (χ0) is 22.5. The Labute approximate surface area is 183 Å². The fraction of sp³-hybridized carbons (Fsp3) is 0.261. The third-order valence-electron chi connectivity index (χ3n) is 5.11. The number of unbranched alkanes of at least 4 members (excludes halogenated alkanes) is 2. The van der Waals surface area contributed by atoms with Crippen LogP contribution in [-0.4, -0.2) is 39.3 Å². The Morgan fingerprint density at radius 3 is 2.39 bits per heavy atom. The minimum atomic E-state index is -0.953. The molecule has 1 unspecified atom stereocenters. The molecule has 1 heterocycles. The molecule has 1 fully saturated rings. The summed E-state index contributed by atoms with van der Waals surface area (Å²) in [6.07, 6.45) is 1.47. The van der Waals surface area contributed by atoms with Crippen molar-refractivity contribution in [2.45, 2.75) is 31.7 Å². The zero-order valence-corrected chi connectivity index (χ0v) is 17.3. The molecule has 0 aliphatic carbocycles. The molecular weight excluding hydrogens is 425 g/mol. The number of aliphatic hydroxyl groups is 1. The lowest BCUT2D eigenvalue weighted by Gasteiger charge is -2.25. The summed E-state index contributed by atoms with van der Waals surface area (Å²) in [5, 5.41) is 20.1. The number of Topliss-reactive ketones (excluding diaryl/α,β-unsaturated/α-hetero) is 1. The van der Waals surface area contributed by atoms with E-state index in [1.165, 1.54) is 35.2 Å². The molecular formula is C23H21ClFNO5. The van der Waals surface area contributed by atoms with Crippen LogP contribution in [0.3, 0.4) is 0 Å². The number of ketones is 1. The van der Waals surface area contributed by atoms with Gasteiger partial charge in [-0.25, -0.2) is 4.39 Å². The van der Waals surface area contributed by atoms with Gasteiger partial charge in [-0.3, -0.25) is 14.4 Å². The first-order valence-corrected chi connectivity index (χ1v) is 10.2. The third kappa shape index (κ3) is 5.11. The van der Waals surface area contributed by atoms with Crippen LogP contribution in [0.15, 0.2) is 54.1 Å². The highest BCUT2D eigenvalue weighted by Gasteiger charge is 2.45. The van der Waals surface area contributed by atoms with Crippen LogP contribution in [-0.2, 0) is 14.4 Å². The summed E-state index contributed by atoms with van der Waals surface area (Å²) in [5.41, 5.74) is 0.550. The van der Waals surface area contributed by atoms with E-state index in [2.05, 4.69) is 0 Å². The number of nitrogens with zero attached hydrogens (tertiary/aromatic N) is 1. The predicted molar refractivity (Wildman–Crippen MR) is 113 cm³/mol. The quantitative estimate of drug-likeness (QED) is 0.269. The van der Waals surface area contributed by atoms with Crippen molar-refractivity contribution < 1.29 is 29.0 Å². The molecule has 2 aromatic rings. The number of rotatable bonds is 8. The van der Waals surface area contributed by atoms with Gasteiger partial charge in [-0.2, -0.15) is 0 Å². The molecule has 0 spiro atoms. The first-order chi connectivity index (χ1) is 14.8. The Morgan fingerprint density at radius 2 is 1.74 bits per heavy atom. The van der Waals surface area contributed by atoms with Crippen LogP contribution in [0.5, 0.6) is 0 Å². The summed E-state index contributed by atoms with van der Waals surface area (Å²) < 4.78 is 13.9. The normalized spacial score (nSPS) is 17.9. The Kier molecular flexibility index (Phi) is 7.07. The van der Waals surface area contributed by atoms with Gasteiger partial charge in [0.15, 0.2) is 0 Å². The fourth-order valence-electron chi connectivity index (χ4n) is 3.63. The van der Waals surface area contributed by atoms with Crippen molar-refractivity contribution in [3.05, 3.63) is 76.1 Å². The zero-order valence-electron chi connectivity index (χ0n) is 16.6. The van der Waals surface area contributed by atoms with Crippen molar-refractivity contribution >= 4 is 35.0 Å². The molecule has 6 nitrogen and oxygen atoms in total. The Morgan fingerprint density at radius 1 is 1.03 bits per heavy atom. The van der Waals surface area contributed by atoms with Crippen molar-refractivity contribution in [1.29, 1.82) is 0 Å². The van der Waals surface area contributed by atoms with Crippen LogP contribution >= 0.6 is 11.6 Å². The van der Waals surface area contributed by atoms with E-state index in [0.717, 1.165) is 0 Å². The summed E-state index contributed by atoms with van der Waals surface area (Å²) in [6, 6.07) is 10.7. The molecule has 8 heteroatoms. The standard InChI is InChI=1S/C23H21ClFNO5/c24-16-10-8-14(9-11-16)21(29)19-20(15-5-4-6-17(25)13-15)26(23(31)22(19)30)12-3-1-2-7-18(27)28/h4-6,8-11,13,20,29H,1-3,7,12H2,(H,27,28)/b21-19-. The first-order valence-electron chi connectivity index (χ1n) is 9.81. The van der Waals surface area contributed by atoms with Crippen molar-refractivity contribution in [2.24, 2.45) is 0 Å². The number of carboxylic acid groups (broad SMARTS) is 1. The largest absolute Gasteiger partial charge is 0.507 e. The number of benzene rings is 2. The van der Waals surface area contributed by atoms with Crippen molar-refractivity contribution in [3.8, 4) is 0 Å². The summed E-state index contributed by atoms with van der Waals surface area (Å²) in [5.74, 6) is -3.44. The maximum Gasteiger partial charge on any atom is 0.303 e. The lowest BCUT2D eigenvalue weighted by Crippen LogP contribution is -2.30. The summed E-state index contributed by atoms with van der Waals surface area (Å²) in [6.45, 7) is 0.169. The van der Waals surface area contributed by atoms with Crippen molar-refractivity contribution in [3.63, 3.8) is 0 Å². The third-order valence-corrected chi connectivity index (χ3v) is 5.36. The highest BCUT2D eigenvalue weighted by Crippen LogP contribution is 2.39. The van der Waals surface area contributed by atoms with E-state index < -0.39 is 29.5 Å². The van der Waals surface area contributed by atoms with E-state index in [9.17, 15) is 23.9 Å². The number of halogens is 2. The number of aliphatic hydroxyl groups excluding tert-OH is 1. The predicted octanol–water partition coefficient (Wildman–Crippen LogP) is 4.55. The van der Waals surface area contributed by atoms with Crippen LogP contribution in [0.25, 0.3) is 5.76 Å². The lowest BCUT2D eigenvalue weighted by molar-refractivity contribution is -0.140. The van der Waals surface area contributed by atoms with Crippen LogP contribution in [0.1, 0.15) is 42.9 Å². The summed E-state index contributed by atoms with van der Waals surface area (Å²) in [4.78, 5) is 37.6. The molecule has 1 amide bonds. The van der Waals surface area contributed by atoms with Gasteiger partial charge in [-0.15, -0.1) is 0 Å². The Bertz CT molecular complexity index is 1030. The van der Waals surface area contributed by atoms with Crippen LogP contribution in [0.4, 0.5) is 4.39 Å². The van der Waals surface area contributed by atoms with Gasteiger partial charge >= 0.3 is 5.97 Å². The molecule has 2 aromatic carbocycles. The molecule has 3 rings (SSSR count). The van der Waals surface area contributed by atoms with E-state index >= 15 is 0 Å². The number of aliphatic carboxylic acids is 1. The number of carbonyl (C=O) groups excluding carboxylic acids is 2. The van der Waals surface area contributed by atoms with Crippen LogP contribution in [0.2, 0.25) is 5.02 Å². The molecule has 31 heavy (non-hydrogen) atoms.